The molecule has 3 aromatic rings. The molecule has 0 aliphatic carbocycles. The van der Waals surface area contributed by atoms with Crippen LogP contribution in [0.15, 0.2) is 91.0 Å². The van der Waals surface area contributed by atoms with Crippen LogP contribution in [0.3, 0.4) is 0 Å². The zero-order chi connectivity index (χ0) is 24.8. The van der Waals surface area contributed by atoms with Gasteiger partial charge in [-0.05, 0) is 23.1 Å². The molecule has 1 aliphatic heterocycles. The van der Waals surface area contributed by atoms with Gasteiger partial charge in [-0.25, -0.2) is 9.59 Å². The Morgan fingerprint density at radius 1 is 0.886 bits per heavy atom. The van der Waals surface area contributed by atoms with Gasteiger partial charge in [0, 0.05) is 8.07 Å². The van der Waals surface area contributed by atoms with E-state index in [4.69, 9.17) is 9.47 Å². The number of nitrogens with zero attached hydrogens (tertiary/aromatic N) is 1. The summed E-state index contributed by atoms with van der Waals surface area (Å²) in [5, 5.41) is 0. The van der Waals surface area contributed by atoms with Gasteiger partial charge in [0.25, 0.3) is 0 Å². The predicted octanol–water partition coefficient (Wildman–Crippen LogP) is 6.76. The second-order valence-electron chi connectivity index (χ2n) is 10.2. The van der Waals surface area contributed by atoms with Crippen molar-refractivity contribution in [3.05, 3.63) is 108 Å². The van der Waals surface area contributed by atoms with E-state index in [1.54, 1.807) is 4.90 Å². The molecule has 35 heavy (non-hydrogen) atoms. The number of rotatable bonds is 9. The van der Waals surface area contributed by atoms with Gasteiger partial charge < -0.3 is 9.47 Å². The minimum Gasteiger partial charge on any atom is -0.459 e. The molecule has 3 aromatic carbocycles. The largest absolute Gasteiger partial charge is 0.459 e. The van der Waals surface area contributed by atoms with Gasteiger partial charge in [-0.15, -0.1) is 0 Å². The Bertz CT molecular complexity index is 1120. The van der Waals surface area contributed by atoms with E-state index in [0.29, 0.717) is 6.42 Å². The maximum absolute atomic E-state index is 13.5. The zero-order valence-electron chi connectivity index (χ0n) is 20.6. The average molecular weight is 488 g/mol. The topological polar surface area (TPSA) is 55.8 Å². The summed E-state index contributed by atoms with van der Waals surface area (Å²) in [5.74, 6) is -0.390. The van der Waals surface area contributed by atoms with Gasteiger partial charge in [0.05, 0.1) is 0 Å². The smallest absolute Gasteiger partial charge is 0.411 e. The van der Waals surface area contributed by atoms with Crippen LogP contribution in [0, 0.1) is 0 Å². The van der Waals surface area contributed by atoms with Gasteiger partial charge in [-0.1, -0.05) is 117 Å². The van der Waals surface area contributed by atoms with E-state index in [-0.39, 0.29) is 6.61 Å². The Hall–Kier alpha value is -3.38. The van der Waals surface area contributed by atoms with Crippen molar-refractivity contribution in [2.24, 2.45) is 0 Å². The Morgan fingerprint density at radius 2 is 1.43 bits per heavy atom. The van der Waals surface area contributed by atoms with Crippen LogP contribution in [0.2, 0.25) is 25.7 Å². The lowest BCUT2D eigenvalue weighted by Gasteiger charge is -2.32. The van der Waals surface area contributed by atoms with Gasteiger partial charge in [-0.2, -0.15) is 0 Å². The second-order valence-corrected chi connectivity index (χ2v) is 15.8. The first-order chi connectivity index (χ1) is 16.8. The molecule has 4 rings (SSSR count). The number of carbonyl (C=O) groups excluding carboxylic acids is 2. The number of hydrogen-bond acceptors (Lipinski definition) is 4. The molecule has 0 saturated carbocycles. The number of benzene rings is 3. The fraction of sp³-hybridized carbons (Fsp3) is 0.310. The number of esters is 1. The molecule has 1 aliphatic rings. The van der Waals surface area contributed by atoms with Crippen molar-refractivity contribution in [2.75, 3.05) is 0 Å². The Kier molecular flexibility index (Phi) is 7.71. The lowest BCUT2D eigenvalue weighted by molar-refractivity contribution is -0.151. The summed E-state index contributed by atoms with van der Waals surface area (Å²) >= 11 is 0. The van der Waals surface area contributed by atoms with Gasteiger partial charge in [0.1, 0.15) is 18.7 Å². The maximum atomic E-state index is 13.5. The fourth-order valence-corrected chi connectivity index (χ4v) is 5.60. The molecule has 0 unspecified atom stereocenters. The van der Waals surface area contributed by atoms with Crippen molar-refractivity contribution in [2.45, 2.75) is 56.9 Å². The molecular weight excluding hydrogens is 454 g/mol. The third-order valence-electron chi connectivity index (χ3n) is 6.29. The minimum atomic E-state index is -1.49. The quantitative estimate of drug-likeness (QED) is 0.247. The van der Waals surface area contributed by atoms with E-state index in [1.807, 2.05) is 91.0 Å². The lowest BCUT2D eigenvalue weighted by Crippen LogP contribution is -2.45. The van der Waals surface area contributed by atoms with Crippen LogP contribution in [-0.2, 0) is 20.9 Å². The number of hydrogen-bond donors (Lipinski definition) is 0. The van der Waals surface area contributed by atoms with Crippen LogP contribution in [0.5, 0.6) is 0 Å². The molecule has 5 nitrogen and oxygen atoms in total. The Morgan fingerprint density at radius 3 is 2.00 bits per heavy atom. The average Bonchev–Trinajstić information content (AvgIpc) is 3.21. The third-order valence-corrected chi connectivity index (χ3v) is 8.08. The molecule has 0 radical (unpaired) electrons. The second kappa shape index (κ2) is 10.9. The van der Waals surface area contributed by atoms with Crippen molar-refractivity contribution >= 4 is 20.1 Å². The highest BCUT2D eigenvalue weighted by Crippen LogP contribution is 2.45. The molecule has 3 atom stereocenters. The van der Waals surface area contributed by atoms with Crippen LogP contribution < -0.4 is 0 Å². The molecule has 1 saturated heterocycles. The first-order valence-corrected chi connectivity index (χ1v) is 15.8. The van der Waals surface area contributed by atoms with E-state index in [9.17, 15) is 9.59 Å². The first kappa shape index (κ1) is 24.7. The summed E-state index contributed by atoms with van der Waals surface area (Å²) in [6.45, 7) is 6.97. The summed E-state index contributed by atoms with van der Waals surface area (Å²) in [5.41, 5.74) is 2.75. The monoisotopic (exact) mass is 487 g/mol. The normalized spacial score (nSPS) is 18.7. The Labute approximate surface area is 208 Å². The van der Waals surface area contributed by atoms with Gasteiger partial charge in [0.15, 0.2) is 6.10 Å². The molecule has 1 fully saturated rings. The van der Waals surface area contributed by atoms with Gasteiger partial charge in [0.2, 0.25) is 0 Å². The van der Waals surface area contributed by atoms with E-state index >= 15 is 0 Å². The number of cyclic esters (lactones) is 1. The van der Waals surface area contributed by atoms with Crippen molar-refractivity contribution < 1.29 is 19.1 Å². The summed E-state index contributed by atoms with van der Waals surface area (Å²) < 4.78 is 11.7. The molecule has 0 aromatic heterocycles. The molecule has 182 valence electrons. The van der Waals surface area contributed by atoms with Crippen molar-refractivity contribution in [3.8, 4) is 0 Å². The minimum absolute atomic E-state index is 0.171. The molecular formula is C29H33NO4Si. The first-order valence-electron chi connectivity index (χ1n) is 12.1. The maximum Gasteiger partial charge on any atom is 0.411 e. The molecule has 1 heterocycles. The molecule has 0 bridgehead atoms. The van der Waals surface area contributed by atoms with Crippen molar-refractivity contribution in [3.63, 3.8) is 0 Å². The molecule has 6 heteroatoms. The third kappa shape index (κ3) is 6.20. The zero-order valence-corrected chi connectivity index (χ0v) is 21.6. The summed E-state index contributed by atoms with van der Waals surface area (Å²) in [4.78, 5) is 28.5. The molecule has 0 N–H and O–H groups in total. The summed E-state index contributed by atoms with van der Waals surface area (Å²) in [6, 6.07) is 28.9. The Balaban J connectivity index is 1.68. The SMILES string of the molecule is C[Si](C)(C)CC[C@H](C(=O)OCc1ccccc1)N1C(=O)O[C@H](c2ccccc2)[C@@H]1c1ccccc1. The van der Waals surface area contributed by atoms with Crippen LogP contribution in [0.4, 0.5) is 4.79 Å². The standard InChI is InChI=1S/C29H33NO4Si/c1-35(2,3)20-19-25(28(31)33-21-22-13-7-4-8-14-22)30-26(23-15-9-5-10-16-23)27(34-29(30)32)24-17-11-6-12-18-24/h4-18,25-27H,19-21H2,1-3H3/t25-,26+,27-/m1/s1. The van der Waals surface area contributed by atoms with E-state index in [1.165, 1.54) is 0 Å². The van der Waals surface area contributed by atoms with E-state index < -0.39 is 38.3 Å². The lowest BCUT2D eigenvalue weighted by atomic mass is 9.94. The van der Waals surface area contributed by atoms with Crippen LogP contribution in [-0.4, -0.2) is 31.1 Å². The fourth-order valence-electron chi connectivity index (χ4n) is 4.46. The number of ether oxygens (including phenoxy) is 2. The van der Waals surface area contributed by atoms with Crippen LogP contribution in [0.25, 0.3) is 0 Å². The highest BCUT2D eigenvalue weighted by atomic mass is 28.3. The molecule has 1 amide bonds. The predicted molar refractivity (Wildman–Crippen MR) is 139 cm³/mol. The highest BCUT2D eigenvalue weighted by Gasteiger charge is 2.49. The number of carbonyl (C=O) groups is 2. The van der Waals surface area contributed by atoms with Crippen LogP contribution in [0.1, 0.15) is 35.3 Å². The number of amides is 1. The summed E-state index contributed by atoms with van der Waals surface area (Å²) in [6.07, 6.45) is -0.448. The highest BCUT2D eigenvalue weighted by molar-refractivity contribution is 6.76. The van der Waals surface area contributed by atoms with Gasteiger partial charge in [-0.3, -0.25) is 4.90 Å². The molecule has 0 spiro atoms. The van der Waals surface area contributed by atoms with Crippen molar-refractivity contribution in [1.82, 2.24) is 4.90 Å². The summed E-state index contributed by atoms with van der Waals surface area (Å²) in [7, 11) is -1.49. The van der Waals surface area contributed by atoms with E-state index in [2.05, 4.69) is 19.6 Å². The van der Waals surface area contributed by atoms with Crippen molar-refractivity contribution in [1.29, 1.82) is 0 Å². The van der Waals surface area contributed by atoms with E-state index in [0.717, 1.165) is 22.7 Å². The van der Waals surface area contributed by atoms with Gasteiger partial charge >= 0.3 is 12.1 Å². The van der Waals surface area contributed by atoms with Crippen LogP contribution >= 0.6 is 0 Å².